The Labute approximate surface area is 125 Å². The number of halogens is 1. The van der Waals surface area contributed by atoms with Gasteiger partial charge in [-0.1, -0.05) is 24.3 Å². The molecule has 2 rings (SSSR count). The first-order valence-electron chi connectivity index (χ1n) is 5.75. The summed E-state index contributed by atoms with van der Waals surface area (Å²) in [5.41, 5.74) is 1.76. The van der Waals surface area contributed by atoms with Gasteiger partial charge in [0.05, 0.1) is 12.7 Å². The van der Waals surface area contributed by atoms with E-state index in [0.29, 0.717) is 5.56 Å². The number of hydrogen-bond donors (Lipinski definition) is 0. The van der Waals surface area contributed by atoms with Gasteiger partial charge in [-0.2, -0.15) is 0 Å². The fourth-order valence-corrected chi connectivity index (χ4v) is 3.10. The molecule has 0 saturated heterocycles. The second kappa shape index (κ2) is 6.78. The van der Waals surface area contributed by atoms with E-state index in [1.54, 1.807) is 23.9 Å². The molecule has 0 unspecified atom stereocenters. The third-order valence-corrected chi connectivity index (χ3v) is 4.70. The summed E-state index contributed by atoms with van der Waals surface area (Å²) in [7, 11) is 1.39. The quantitative estimate of drug-likeness (QED) is 0.606. The topological polar surface area (TPSA) is 26.3 Å². The van der Waals surface area contributed by atoms with Crippen molar-refractivity contribution in [3.05, 3.63) is 64.1 Å². The first kappa shape index (κ1) is 14.2. The van der Waals surface area contributed by atoms with Gasteiger partial charge in [0.25, 0.3) is 0 Å². The molecule has 0 radical (unpaired) electrons. The van der Waals surface area contributed by atoms with E-state index in [1.807, 2.05) is 30.3 Å². The van der Waals surface area contributed by atoms with Crippen molar-refractivity contribution in [1.29, 1.82) is 0 Å². The normalized spacial score (nSPS) is 10.2. The highest BCUT2D eigenvalue weighted by Crippen LogP contribution is 2.29. The van der Waals surface area contributed by atoms with Crippen LogP contribution in [0.3, 0.4) is 0 Å². The zero-order valence-electron chi connectivity index (χ0n) is 10.4. The summed E-state index contributed by atoms with van der Waals surface area (Å²) in [5.74, 6) is 0.564. The average Bonchev–Trinajstić information content (AvgIpc) is 2.46. The summed E-state index contributed by atoms with van der Waals surface area (Å²) >= 11 is 5.28. The summed E-state index contributed by atoms with van der Waals surface area (Å²) in [6.45, 7) is 0. The van der Waals surface area contributed by atoms with E-state index in [2.05, 4.69) is 26.7 Å². The maximum atomic E-state index is 11.3. The number of methoxy groups -OCH3 is 1. The average molecular weight is 337 g/mol. The highest BCUT2D eigenvalue weighted by Gasteiger charge is 2.05. The standard InChI is InChI=1S/C15H13BrO2S/c1-18-15(17)12-8-6-11(7-9-12)10-19-14-5-3-2-4-13(14)16/h2-9H,10H2,1H3. The van der Waals surface area contributed by atoms with Crippen molar-refractivity contribution in [2.45, 2.75) is 10.6 Å². The summed E-state index contributed by atoms with van der Waals surface area (Å²) in [6.07, 6.45) is 0. The van der Waals surface area contributed by atoms with Crippen LogP contribution in [0.5, 0.6) is 0 Å². The SMILES string of the molecule is COC(=O)c1ccc(CSc2ccccc2Br)cc1. The molecule has 4 heteroatoms. The fourth-order valence-electron chi connectivity index (χ4n) is 1.58. The lowest BCUT2D eigenvalue weighted by Gasteiger charge is -2.05. The van der Waals surface area contributed by atoms with Crippen molar-refractivity contribution >= 4 is 33.7 Å². The molecule has 2 aromatic rings. The van der Waals surface area contributed by atoms with Crippen LogP contribution in [0, 0.1) is 0 Å². The lowest BCUT2D eigenvalue weighted by molar-refractivity contribution is 0.0601. The van der Waals surface area contributed by atoms with Gasteiger partial charge in [-0.25, -0.2) is 4.79 Å². The minimum Gasteiger partial charge on any atom is -0.465 e. The van der Waals surface area contributed by atoms with E-state index in [1.165, 1.54) is 17.6 Å². The summed E-state index contributed by atoms with van der Waals surface area (Å²) < 4.78 is 5.77. The van der Waals surface area contributed by atoms with Crippen molar-refractivity contribution in [3.63, 3.8) is 0 Å². The van der Waals surface area contributed by atoms with E-state index < -0.39 is 0 Å². The molecule has 0 spiro atoms. The first-order chi connectivity index (χ1) is 9.20. The molecule has 2 nitrogen and oxygen atoms in total. The van der Waals surface area contributed by atoms with Crippen molar-refractivity contribution < 1.29 is 9.53 Å². The minimum absolute atomic E-state index is 0.301. The van der Waals surface area contributed by atoms with Crippen molar-refractivity contribution in [2.75, 3.05) is 7.11 Å². The van der Waals surface area contributed by atoms with E-state index in [9.17, 15) is 4.79 Å². The predicted molar refractivity (Wildman–Crippen MR) is 81.5 cm³/mol. The molecule has 0 aliphatic rings. The van der Waals surface area contributed by atoms with Crippen LogP contribution in [0.1, 0.15) is 15.9 Å². The number of benzene rings is 2. The molecule has 0 atom stereocenters. The maximum Gasteiger partial charge on any atom is 0.337 e. The Morgan fingerprint density at radius 1 is 1.16 bits per heavy atom. The Morgan fingerprint density at radius 2 is 1.84 bits per heavy atom. The van der Waals surface area contributed by atoms with Crippen molar-refractivity contribution in [3.8, 4) is 0 Å². The van der Waals surface area contributed by atoms with Crippen LogP contribution in [0.15, 0.2) is 57.9 Å². The van der Waals surface area contributed by atoms with Gasteiger partial charge in [0, 0.05) is 15.1 Å². The Bertz CT molecular complexity index is 567. The Hall–Kier alpha value is -1.26. The number of carbonyl (C=O) groups excluding carboxylic acids is 1. The zero-order chi connectivity index (χ0) is 13.7. The van der Waals surface area contributed by atoms with E-state index in [4.69, 9.17) is 0 Å². The molecule has 0 bridgehead atoms. The molecule has 0 N–H and O–H groups in total. The molecule has 0 saturated carbocycles. The van der Waals surface area contributed by atoms with Gasteiger partial charge < -0.3 is 4.74 Å². The van der Waals surface area contributed by atoms with Gasteiger partial charge >= 0.3 is 5.97 Å². The third-order valence-electron chi connectivity index (χ3n) is 2.61. The lowest BCUT2D eigenvalue weighted by Crippen LogP contribution is -2.00. The van der Waals surface area contributed by atoms with Crippen LogP contribution < -0.4 is 0 Å². The van der Waals surface area contributed by atoms with Crippen LogP contribution in [0.2, 0.25) is 0 Å². The number of esters is 1. The molecule has 2 aromatic carbocycles. The van der Waals surface area contributed by atoms with E-state index >= 15 is 0 Å². The largest absolute Gasteiger partial charge is 0.465 e. The maximum absolute atomic E-state index is 11.3. The number of thioether (sulfide) groups is 1. The number of hydrogen-bond acceptors (Lipinski definition) is 3. The molecule has 98 valence electrons. The van der Waals surface area contributed by atoms with Crippen LogP contribution in [-0.2, 0) is 10.5 Å². The smallest absolute Gasteiger partial charge is 0.337 e. The van der Waals surface area contributed by atoms with Gasteiger partial charge in [0.2, 0.25) is 0 Å². The first-order valence-corrected chi connectivity index (χ1v) is 7.53. The summed E-state index contributed by atoms with van der Waals surface area (Å²) in [4.78, 5) is 12.5. The van der Waals surface area contributed by atoms with Gasteiger partial charge in [0.15, 0.2) is 0 Å². The molecular weight excluding hydrogens is 324 g/mol. The molecule has 19 heavy (non-hydrogen) atoms. The second-order valence-electron chi connectivity index (χ2n) is 3.91. The molecular formula is C15H13BrO2S. The van der Waals surface area contributed by atoms with E-state index in [-0.39, 0.29) is 5.97 Å². The van der Waals surface area contributed by atoms with Crippen LogP contribution in [0.25, 0.3) is 0 Å². The second-order valence-corrected chi connectivity index (χ2v) is 5.78. The molecule has 0 amide bonds. The molecule has 0 heterocycles. The van der Waals surface area contributed by atoms with Crippen molar-refractivity contribution in [1.82, 2.24) is 0 Å². The summed E-state index contributed by atoms with van der Waals surface area (Å²) in [6, 6.07) is 15.6. The minimum atomic E-state index is -0.301. The van der Waals surface area contributed by atoms with Gasteiger partial charge in [-0.15, -0.1) is 11.8 Å². The number of rotatable bonds is 4. The Kier molecular flexibility index (Phi) is 5.05. The third kappa shape index (κ3) is 3.85. The highest BCUT2D eigenvalue weighted by molar-refractivity contribution is 9.10. The highest BCUT2D eigenvalue weighted by atomic mass is 79.9. The Balaban J connectivity index is 2.01. The molecule has 0 aliphatic heterocycles. The number of ether oxygens (including phenoxy) is 1. The summed E-state index contributed by atoms with van der Waals surface area (Å²) in [5, 5.41) is 0. The Morgan fingerprint density at radius 3 is 2.47 bits per heavy atom. The van der Waals surface area contributed by atoms with E-state index in [0.717, 1.165) is 10.2 Å². The van der Waals surface area contributed by atoms with Crippen molar-refractivity contribution in [2.24, 2.45) is 0 Å². The molecule has 0 fully saturated rings. The fraction of sp³-hybridized carbons (Fsp3) is 0.133. The van der Waals surface area contributed by atoms with Gasteiger partial charge in [0.1, 0.15) is 0 Å². The van der Waals surface area contributed by atoms with Crippen LogP contribution >= 0.6 is 27.7 Å². The van der Waals surface area contributed by atoms with Gasteiger partial charge in [-0.3, -0.25) is 0 Å². The molecule has 0 aliphatic carbocycles. The molecule has 0 aromatic heterocycles. The zero-order valence-corrected chi connectivity index (χ0v) is 12.8. The van der Waals surface area contributed by atoms with Crippen LogP contribution in [0.4, 0.5) is 0 Å². The number of carbonyl (C=O) groups is 1. The predicted octanol–water partition coefficient (Wildman–Crippen LogP) is 4.53. The lowest BCUT2D eigenvalue weighted by atomic mass is 10.1. The van der Waals surface area contributed by atoms with Crippen LogP contribution in [-0.4, -0.2) is 13.1 Å². The van der Waals surface area contributed by atoms with Gasteiger partial charge in [-0.05, 0) is 45.8 Å². The monoisotopic (exact) mass is 336 g/mol.